The maximum absolute atomic E-state index is 12.4. The summed E-state index contributed by atoms with van der Waals surface area (Å²) in [5, 5.41) is 9.14. The van der Waals surface area contributed by atoms with E-state index in [0.29, 0.717) is 30.7 Å². The number of carbonyl (C=O) groups excluding carboxylic acids is 2. The van der Waals surface area contributed by atoms with Crippen molar-refractivity contribution >= 4 is 17.8 Å². The van der Waals surface area contributed by atoms with Crippen molar-refractivity contribution in [2.45, 2.75) is 18.9 Å². The lowest BCUT2D eigenvalue weighted by atomic mass is 10.1. The average molecular weight is 307 g/mol. The molecule has 1 saturated heterocycles. The molecule has 1 aromatic carbocycles. The fourth-order valence-electron chi connectivity index (χ4n) is 2.35. The molecule has 0 aliphatic carbocycles. The van der Waals surface area contributed by atoms with E-state index < -0.39 is 18.0 Å². The van der Waals surface area contributed by atoms with Crippen molar-refractivity contribution in [1.82, 2.24) is 4.90 Å². The van der Waals surface area contributed by atoms with Gasteiger partial charge in [0, 0.05) is 12.1 Å². The highest BCUT2D eigenvalue weighted by Gasteiger charge is 2.34. The van der Waals surface area contributed by atoms with Gasteiger partial charge in [-0.05, 0) is 31.0 Å². The molecule has 0 bridgehead atoms. The second-order valence-electron chi connectivity index (χ2n) is 4.89. The van der Waals surface area contributed by atoms with Crippen LogP contribution in [0.25, 0.3) is 0 Å². The van der Waals surface area contributed by atoms with Crippen LogP contribution in [0.5, 0.6) is 5.75 Å². The zero-order valence-corrected chi connectivity index (χ0v) is 12.2. The number of esters is 1. The van der Waals surface area contributed by atoms with Gasteiger partial charge in [-0.15, -0.1) is 0 Å². The summed E-state index contributed by atoms with van der Waals surface area (Å²) in [7, 11) is 1.26. The molecular weight excluding hydrogens is 290 g/mol. The molecule has 22 heavy (non-hydrogen) atoms. The lowest BCUT2D eigenvalue weighted by Crippen LogP contribution is -2.40. The first-order valence-corrected chi connectivity index (χ1v) is 6.86. The van der Waals surface area contributed by atoms with Crippen molar-refractivity contribution in [3.63, 3.8) is 0 Å². The van der Waals surface area contributed by atoms with Gasteiger partial charge in [-0.1, -0.05) is 6.07 Å². The minimum absolute atomic E-state index is 0.254. The van der Waals surface area contributed by atoms with Crippen LogP contribution in [-0.2, 0) is 14.3 Å². The number of carbonyl (C=O) groups is 3. The molecule has 7 heteroatoms. The molecule has 1 heterocycles. The number of ether oxygens (including phenoxy) is 2. The Bertz CT molecular complexity index is 585. The Balaban J connectivity index is 2.10. The van der Waals surface area contributed by atoms with Crippen LogP contribution in [0, 0.1) is 0 Å². The summed E-state index contributed by atoms with van der Waals surface area (Å²) in [6, 6.07) is 5.52. The summed E-state index contributed by atoms with van der Waals surface area (Å²) in [6.07, 6.45) is 1.13. The fraction of sp³-hybridized carbons (Fsp3) is 0.400. The molecular formula is C15H17NO6. The van der Waals surface area contributed by atoms with Crippen LogP contribution < -0.4 is 4.74 Å². The quantitative estimate of drug-likeness (QED) is 0.813. The molecule has 1 aromatic rings. The predicted octanol–water partition coefficient (Wildman–Crippen LogP) is 0.928. The molecule has 0 aromatic heterocycles. The minimum Gasteiger partial charge on any atom is -0.482 e. The first kappa shape index (κ1) is 15.8. The van der Waals surface area contributed by atoms with Gasteiger partial charge in [-0.2, -0.15) is 0 Å². The van der Waals surface area contributed by atoms with E-state index in [-0.39, 0.29) is 12.5 Å². The molecule has 1 aliphatic rings. The maximum atomic E-state index is 12.4. The molecule has 0 saturated carbocycles. The molecule has 7 nitrogen and oxygen atoms in total. The lowest BCUT2D eigenvalue weighted by Gasteiger charge is -2.21. The first-order chi connectivity index (χ1) is 10.5. The Morgan fingerprint density at radius 1 is 1.36 bits per heavy atom. The standard InChI is InChI=1S/C15H17NO6/c1-21-13(17)9-22-11-5-2-4-10(8-11)14(18)16-7-3-6-12(16)15(19)20/h2,4-5,8,12H,3,6-7,9H2,1H3,(H,19,20). The third kappa shape index (κ3) is 3.55. The molecule has 1 unspecified atom stereocenters. The average Bonchev–Trinajstić information content (AvgIpc) is 3.02. The maximum Gasteiger partial charge on any atom is 0.343 e. The van der Waals surface area contributed by atoms with Crippen LogP contribution in [0.2, 0.25) is 0 Å². The van der Waals surface area contributed by atoms with E-state index in [0.717, 1.165) is 0 Å². The van der Waals surface area contributed by atoms with E-state index >= 15 is 0 Å². The van der Waals surface area contributed by atoms with Gasteiger partial charge in [0.2, 0.25) is 0 Å². The van der Waals surface area contributed by atoms with E-state index in [1.54, 1.807) is 18.2 Å². The van der Waals surface area contributed by atoms with Crippen molar-refractivity contribution in [1.29, 1.82) is 0 Å². The Hall–Kier alpha value is -2.57. The largest absolute Gasteiger partial charge is 0.482 e. The van der Waals surface area contributed by atoms with Crippen molar-refractivity contribution < 1.29 is 29.0 Å². The van der Waals surface area contributed by atoms with Crippen molar-refractivity contribution in [2.75, 3.05) is 20.3 Å². The summed E-state index contributed by atoms with van der Waals surface area (Å²) in [6.45, 7) is 0.165. The van der Waals surface area contributed by atoms with Gasteiger partial charge in [0.15, 0.2) is 6.61 Å². The first-order valence-electron chi connectivity index (χ1n) is 6.86. The van der Waals surface area contributed by atoms with Gasteiger partial charge >= 0.3 is 11.9 Å². The van der Waals surface area contributed by atoms with Gasteiger partial charge in [0.1, 0.15) is 11.8 Å². The number of hydrogen-bond donors (Lipinski definition) is 1. The summed E-state index contributed by atoms with van der Waals surface area (Å²) >= 11 is 0. The van der Waals surface area contributed by atoms with Crippen LogP contribution in [-0.4, -0.2) is 54.2 Å². The van der Waals surface area contributed by atoms with Gasteiger partial charge in [0.25, 0.3) is 5.91 Å². The molecule has 2 rings (SSSR count). The van der Waals surface area contributed by atoms with Gasteiger partial charge in [-0.25, -0.2) is 9.59 Å². The number of benzene rings is 1. The smallest absolute Gasteiger partial charge is 0.343 e. The highest BCUT2D eigenvalue weighted by Crippen LogP contribution is 2.22. The van der Waals surface area contributed by atoms with Gasteiger partial charge in [-0.3, -0.25) is 4.79 Å². The Kier molecular flexibility index (Phi) is 4.98. The number of amides is 1. The minimum atomic E-state index is -0.996. The number of nitrogens with zero attached hydrogens (tertiary/aromatic N) is 1. The number of carboxylic acids is 1. The summed E-state index contributed by atoms with van der Waals surface area (Å²) < 4.78 is 9.69. The zero-order chi connectivity index (χ0) is 16.1. The monoisotopic (exact) mass is 307 g/mol. The van der Waals surface area contributed by atoms with Crippen molar-refractivity contribution in [2.24, 2.45) is 0 Å². The van der Waals surface area contributed by atoms with Crippen molar-refractivity contribution in [3.05, 3.63) is 29.8 Å². The molecule has 1 fully saturated rings. The molecule has 1 amide bonds. The number of aliphatic carboxylic acids is 1. The Labute approximate surface area is 127 Å². The van der Waals surface area contributed by atoms with Crippen LogP contribution in [0.3, 0.4) is 0 Å². The molecule has 118 valence electrons. The number of methoxy groups -OCH3 is 1. The molecule has 1 atom stereocenters. The van der Waals surface area contributed by atoms with E-state index in [1.807, 2.05) is 0 Å². The van der Waals surface area contributed by atoms with Crippen LogP contribution in [0.4, 0.5) is 0 Å². The number of likely N-dealkylation sites (tertiary alicyclic amines) is 1. The molecule has 0 radical (unpaired) electrons. The third-order valence-corrected chi connectivity index (χ3v) is 3.46. The highest BCUT2D eigenvalue weighted by molar-refractivity contribution is 5.97. The van der Waals surface area contributed by atoms with E-state index in [2.05, 4.69) is 4.74 Å². The second kappa shape index (κ2) is 6.93. The van der Waals surface area contributed by atoms with Crippen LogP contribution in [0.1, 0.15) is 23.2 Å². The Morgan fingerprint density at radius 2 is 2.14 bits per heavy atom. The summed E-state index contributed by atoms with van der Waals surface area (Å²) in [4.78, 5) is 36.0. The Morgan fingerprint density at radius 3 is 2.82 bits per heavy atom. The molecule has 0 spiro atoms. The number of hydrogen-bond acceptors (Lipinski definition) is 5. The van der Waals surface area contributed by atoms with Crippen LogP contribution in [0.15, 0.2) is 24.3 Å². The lowest BCUT2D eigenvalue weighted by molar-refractivity contribution is -0.143. The zero-order valence-electron chi connectivity index (χ0n) is 12.2. The topological polar surface area (TPSA) is 93.1 Å². The molecule has 1 N–H and O–H groups in total. The highest BCUT2D eigenvalue weighted by atomic mass is 16.6. The third-order valence-electron chi connectivity index (χ3n) is 3.46. The van der Waals surface area contributed by atoms with E-state index in [4.69, 9.17) is 9.84 Å². The second-order valence-corrected chi connectivity index (χ2v) is 4.89. The summed E-state index contributed by atoms with van der Waals surface area (Å²) in [5.74, 6) is -1.53. The van der Waals surface area contributed by atoms with E-state index in [1.165, 1.54) is 18.1 Å². The molecule has 1 aliphatic heterocycles. The van der Waals surface area contributed by atoms with E-state index in [9.17, 15) is 14.4 Å². The van der Waals surface area contributed by atoms with Crippen LogP contribution >= 0.6 is 0 Å². The number of carboxylic acid groups (broad SMARTS) is 1. The number of rotatable bonds is 5. The summed E-state index contributed by atoms with van der Waals surface area (Å²) in [5.41, 5.74) is 0.329. The predicted molar refractivity (Wildman–Crippen MR) is 75.6 cm³/mol. The fourth-order valence-corrected chi connectivity index (χ4v) is 2.35. The SMILES string of the molecule is COC(=O)COc1cccc(C(=O)N2CCCC2C(=O)O)c1. The van der Waals surface area contributed by atoms with Crippen molar-refractivity contribution in [3.8, 4) is 5.75 Å². The van der Waals surface area contributed by atoms with Gasteiger partial charge in [0.05, 0.1) is 7.11 Å². The normalized spacial score (nSPS) is 17.1. The van der Waals surface area contributed by atoms with Gasteiger partial charge < -0.3 is 19.5 Å².